The van der Waals surface area contributed by atoms with Crippen LogP contribution in [0.2, 0.25) is 0 Å². The zero-order valence-electron chi connectivity index (χ0n) is 17.9. The van der Waals surface area contributed by atoms with Crippen LogP contribution in [0.3, 0.4) is 0 Å². The number of hydrogen-bond donors (Lipinski definition) is 0. The van der Waals surface area contributed by atoms with Crippen LogP contribution >= 0.6 is 0 Å². The van der Waals surface area contributed by atoms with Crippen molar-refractivity contribution in [2.45, 2.75) is 103 Å². The number of carbonyl (C=O) groups is 3. The third-order valence-electron chi connectivity index (χ3n) is 9.04. The van der Waals surface area contributed by atoms with E-state index in [9.17, 15) is 14.4 Å². The minimum absolute atomic E-state index is 0.0808. The van der Waals surface area contributed by atoms with Crippen molar-refractivity contribution in [3.05, 3.63) is 0 Å². The summed E-state index contributed by atoms with van der Waals surface area (Å²) in [5.74, 6) is 1.33. The molecule has 0 heterocycles. The second-order valence-corrected chi connectivity index (χ2v) is 11.2. The van der Waals surface area contributed by atoms with Gasteiger partial charge in [-0.15, -0.1) is 0 Å². The highest BCUT2D eigenvalue weighted by molar-refractivity contribution is 6.13. The molecule has 0 spiro atoms. The lowest BCUT2D eigenvalue weighted by molar-refractivity contribution is -0.171. The Labute approximate surface area is 175 Å². The van der Waals surface area contributed by atoms with Gasteiger partial charge in [-0.1, -0.05) is 38.5 Å². The molecule has 0 radical (unpaired) electrons. The molecule has 0 unspecified atom stereocenters. The van der Waals surface area contributed by atoms with Crippen molar-refractivity contribution in [1.29, 1.82) is 0 Å². The summed E-state index contributed by atoms with van der Waals surface area (Å²) in [5, 5.41) is 0. The zero-order valence-corrected chi connectivity index (χ0v) is 17.9. The lowest BCUT2D eigenvalue weighted by atomic mass is 9.49. The van der Waals surface area contributed by atoms with Crippen molar-refractivity contribution in [3.63, 3.8) is 0 Å². The zero-order chi connectivity index (χ0) is 20.0. The molecule has 6 rings (SSSR count). The van der Waals surface area contributed by atoms with Crippen molar-refractivity contribution in [1.82, 2.24) is 4.90 Å². The van der Waals surface area contributed by atoms with E-state index in [4.69, 9.17) is 0 Å². The number of imide groups is 3. The number of carbonyl (C=O) groups excluding carboxylic acids is 3. The Kier molecular flexibility index (Phi) is 5.32. The van der Waals surface area contributed by atoms with E-state index < -0.39 is 5.41 Å². The number of rotatable bonds is 3. The molecular weight excluding hydrogens is 362 g/mol. The molecule has 0 aromatic heterocycles. The molecule has 160 valence electrons. The molecule has 0 saturated heterocycles. The fourth-order valence-electron chi connectivity index (χ4n) is 7.98. The van der Waals surface area contributed by atoms with Crippen LogP contribution < -0.4 is 0 Å². The summed E-state index contributed by atoms with van der Waals surface area (Å²) in [6.45, 7) is 0. The SMILES string of the molecule is O=C(C1CCCCC1)N(C(=O)C1CCCCC1)C(=O)C12CC3CC(CC(C3)C1)C2. The van der Waals surface area contributed by atoms with E-state index >= 15 is 0 Å². The van der Waals surface area contributed by atoms with E-state index in [0.717, 1.165) is 70.6 Å². The van der Waals surface area contributed by atoms with Gasteiger partial charge in [0, 0.05) is 11.8 Å². The lowest BCUT2D eigenvalue weighted by Gasteiger charge is -2.56. The van der Waals surface area contributed by atoms with Crippen molar-refractivity contribution in [2.24, 2.45) is 35.0 Å². The smallest absolute Gasteiger partial charge is 0.242 e. The van der Waals surface area contributed by atoms with Crippen molar-refractivity contribution in [2.75, 3.05) is 0 Å². The molecule has 6 aliphatic carbocycles. The first kappa shape index (κ1) is 19.8. The van der Waals surface area contributed by atoms with Crippen LogP contribution in [-0.2, 0) is 14.4 Å². The van der Waals surface area contributed by atoms with Gasteiger partial charge < -0.3 is 0 Å². The molecule has 4 nitrogen and oxygen atoms in total. The van der Waals surface area contributed by atoms with Gasteiger partial charge in [-0.3, -0.25) is 14.4 Å². The summed E-state index contributed by atoms with van der Waals surface area (Å²) >= 11 is 0. The first-order valence-electron chi connectivity index (χ1n) is 12.5. The molecule has 3 amide bonds. The van der Waals surface area contributed by atoms with E-state index in [1.165, 1.54) is 37.0 Å². The molecule has 0 aromatic rings. The highest BCUT2D eigenvalue weighted by atomic mass is 16.2. The average molecular weight is 400 g/mol. The first-order valence-corrected chi connectivity index (χ1v) is 12.5. The predicted molar refractivity (Wildman–Crippen MR) is 111 cm³/mol. The minimum Gasteiger partial charge on any atom is -0.274 e. The average Bonchev–Trinajstić information content (AvgIpc) is 2.74. The monoisotopic (exact) mass is 399 g/mol. The normalized spacial score (nSPS) is 37.4. The van der Waals surface area contributed by atoms with Gasteiger partial charge >= 0.3 is 0 Å². The molecule has 0 N–H and O–H groups in total. The topological polar surface area (TPSA) is 54.5 Å². The van der Waals surface area contributed by atoms with E-state index in [0.29, 0.717) is 17.8 Å². The third kappa shape index (κ3) is 3.59. The number of hydrogen-bond acceptors (Lipinski definition) is 3. The van der Waals surface area contributed by atoms with Crippen molar-refractivity contribution >= 4 is 17.7 Å². The minimum atomic E-state index is -0.413. The van der Waals surface area contributed by atoms with Gasteiger partial charge in [0.05, 0.1) is 5.41 Å². The van der Waals surface area contributed by atoms with Gasteiger partial charge in [-0.2, -0.15) is 0 Å². The Hall–Kier alpha value is -1.19. The van der Waals surface area contributed by atoms with Crippen LogP contribution in [0.5, 0.6) is 0 Å². The Morgan fingerprint density at radius 2 is 0.966 bits per heavy atom. The predicted octanol–water partition coefficient (Wildman–Crippen LogP) is 5.25. The Morgan fingerprint density at radius 3 is 1.34 bits per heavy atom. The van der Waals surface area contributed by atoms with Gasteiger partial charge in [-0.05, 0) is 82.0 Å². The van der Waals surface area contributed by atoms with Gasteiger partial charge in [0.2, 0.25) is 17.7 Å². The summed E-state index contributed by atoms with van der Waals surface area (Å²) in [6, 6.07) is 0. The van der Waals surface area contributed by atoms with Gasteiger partial charge in [0.15, 0.2) is 0 Å². The molecule has 0 atom stereocenters. The quantitative estimate of drug-likeness (QED) is 0.609. The largest absolute Gasteiger partial charge is 0.274 e. The second-order valence-electron chi connectivity index (χ2n) is 11.2. The molecule has 4 bridgehead atoms. The Bertz CT molecular complexity index is 606. The first-order chi connectivity index (χ1) is 14.1. The van der Waals surface area contributed by atoms with Gasteiger partial charge in [-0.25, -0.2) is 4.90 Å². The Balaban J connectivity index is 1.43. The molecule has 6 fully saturated rings. The molecule has 29 heavy (non-hydrogen) atoms. The highest BCUT2D eigenvalue weighted by Gasteiger charge is 2.57. The number of amides is 3. The lowest BCUT2D eigenvalue weighted by Crippen LogP contribution is -2.59. The Morgan fingerprint density at radius 1 is 0.586 bits per heavy atom. The molecule has 6 aliphatic rings. The van der Waals surface area contributed by atoms with Gasteiger partial charge in [0.1, 0.15) is 0 Å². The summed E-state index contributed by atoms with van der Waals surface area (Å²) < 4.78 is 0. The van der Waals surface area contributed by atoms with Crippen LogP contribution in [0.1, 0.15) is 103 Å². The fraction of sp³-hybridized carbons (Fsp3) is 0.880. The summed E-state index contributed by atoms with van der Waals surface area (Å²) in [6.07, 6.45) is 16.5. The maximum absolute atomic E-state index is 14.0. The van der Waals surface area contributed by atoms with E-state index in [-0.39, 0.29) is 29.6 Å². The van der Waals surface area contributed by atoms with Crippen LogP contribution in [-0.4, -0.2) is 22.6 Å². The summed E-state index contributed by atoms with van der Waals surface area (Å²) in [7, 11) is 0. The third-order valence-corrected chi connectivity index (χ3v) is 9.04. The maximum Gasteiger partial charge on any atom is 0.242 e. The maximum atomic E-state index is 14.0. The standard InChI is InChI=1S/C25H37NO3/c27-22(20-7-3-1-4-8-20)26(23(28)21-9-5-2-6-10-21)24(29)25-14-17-11-18(15-25)13-19(12-17)16-25/h17-21H,1-16H2. The molecule has 4 heteroatoms. The summed E-state index contributed by atoms with van der Waals surface area (Å²) in [4.78, 5) is 42.5. The van der Waals surface area contributed by atoms with E-state index in [2.05, 4.69) is 0 Å². The second kappa shape index (κ2) is 7.81. The van der Waals surface area contributed by atoms with Crippen LogP contribution in [0.15, 0.2) is 0 Å². The highest BCUT2D eigenvalue weighted by Crippen LogP contribution is 2.60. The van der Waals surface area contributed by atoms with Gasteiger partial charge in [0.25, 0.3) is 0 Å². The molecule has 6 saturated carbocycles. The fourth-order valence-corrected chi connectivity index (χ4v) is 7.98. The van der Waals surface area contributed by atoms with E-state index in [1.54, 1.807) is 0 Å². The molecule has 0 aromatic carbocycles. The van der Waals surface area contributed by atoms with Crippen LogP contribution in [0.25, 0.3) is 0 Å². The molecular formula is C25H37NO3. The number of nitrogens with zero attached hydrogens (tertiary/aromatic N) is 1. The van der Waals surface area contributed by atoms with Crippen LogP contribution in [0, 0.1) is 35.0 Å². The van der Waals surface area contributed by atoms with E-state index in [1.807, 2.05) is 0 Å². The molecule has 0 aliphatic heterocycles. The summed E-state index contributed by atoms with van der Waals surface area (Å²) in [5.41, 5.74) is -0.413. The van der Waals surface area contributed by atoms with Crippen molar-refractivity contribution in [3.8, 4) is 0 Å². The van der Waals surface area contributed by atoms with Crippen LogP contribution in [0.4, 0.5) is 0 Å². The van der Waals surface area contributed by atoms with Crippen molar-refractivity contribution < 1.29 is 14.4 Å².